The quantitative estimate of drug-likeness (QED) is 0.805. The summed E-state index contributed by atoms with van der Waals surface area (Å²) in [7, 11) is -3.96. The molecule has 10 heteroatoms. The minimum Gasteiger partial charge on any atom is -0.325 e. The number of likely N-dealkylation sites (tertiary alicyclic amines) is 2. The standard InChI is InChI=1S/C17H25N5O4S/c23-16(19-27(25,26)15-11-18-14-6-4-10-22(14)15)13-5-3-9-21(12-13)17(24)20-7-1-2-8-20/h11,13H,1-10,12H2,(H,19,23). The molecular formula is C17H25N5O4S. The number of piperidine rings is 1. The highest BCUT2D eigenvalue weighted by molar-refractivity contribution is 7.90. The predicted molar refractivity (Wildman–Crippen MR) is 96.4 cm³/mol. The monoisotopic (exact) mass is 395 g/mol. The third kappa shape index (κ3) is 3.54. The van der Waals surface area contributed by atoms with Gasteiger partial charge in [-0.2, -0.15) is 8.42 Å². The average molecular weight is 395 g/mol. The highest BCUT2D eigenvalue weighted by Gasteiger charge is 2.34. The van der Waals surface area contributed by atoms with Gasteiger partial charge in [-0.15, -0.1) is 0 Å². The average Bonchev–Trinajstić information content (AvgIpc) is 3.38. The molecule has 9 nitrogen and oxygen atoms in total. The second-order valence-corrected chi connectivity index (χ2v) is 9.13. The number of hydrogen-bond acceptors (Lipinski definition) is 5. The Morgan fingerprint density at radius 1 is 1.04 bits per heavy atom. The van der Waals surface area contributed by atoms with Crippen molar-refractivity contribution in [3.05, 3.63) is 12.0 Å². The Hall–Kier alpha value is -2.10. The van der Waals surface area contributed by atoms with Gasteiger partial charge in [0.1, 0.15) is 5.82 Å². The number of carbonyl (C=O) groups is 2. The van der Waals surface area contributed by atoms with E-state index in [2.05, 4.69) is 9.71 Å². The summed E-state index contributed by atoms with van der Waals surface area (Å²) >= 11 is 0. The van der Waals surface area contributed by atoms with Crippen LogP contribution in [0.2, 0.25) is 0 Å². The van der Waals surface area contributed by atoms with Crippen molar-refractivity contribution in [3.8, 4) is 0 Å². The normalized spacial score (nSPS) is 22.7. The Balaban J connectivity index is 1.42. The van der Waals surface area contributed by atoms with Crippen LogP contribution < -0.4 is 4.72 Å². The van der Waals surface area contributed by atoms with Gasteiger partial charge in [0.25, 0.3) is 10.0 Å². The molecule has 0 spiro atoms. The Labute approximate surface area is 158 Å². The van der Waals surface area contributed by atoms with Crippen LogP contribution in [0, 0.1) is 5.92 Å². The Morgan fingerprint density at radius 2 is 1.78 bits per heavy atom. The van der Waals surface area contributed by atoms with E-state index in [1.54, 1.807) is 9.47 Å². The van der Waals surface area contributed by atoms with Crippen molar-refractivity contribution in [2.24, 2.45) is 5.92 Å². The van der Waals surface area contributed by atoms with Gasteiger partial charge < -0.3 is 14.4 Å². The number of imidazole rings is 1. The van der Waals surface area contributed by atoms with Crippen LogP contribution >= 0.6 is 0 Å². The zero-order valence-corrected chi connectivity index (χ0v) is 16.1. The van der Waals surface area contributed by atoms with Crippen molar-refractivity contribution in [3.63, 3.8) is 0 Å². The second kappa shape index (κ2) is 7.14. The number of aryl methyl sites for hydroxylation is 1. The highest BCUT2D eigenvalue weighted by atomic mass is 32.2. The fourth-order valence-corrected chi connectivity index (χ4v) is 5.40. The summed E-state index contributed by atoms with van der Waals surface area (Å²) in [6, 6.07) is -0.0403. The molecular weight excluding hydrogens is 370 g/mol. The van der Waals surface area contributed by atoms with E-state index >= 15 is 0 Å². The molecule has 0 radical (unpaired) electrons. The van der Waals surface area contributed by atoms with Gasteiger partial charge in [-0.3, -0.25) is 4.79 Å². The number of amides is 3. The Kier molecular flexibility index (Phi) is 4.83. The van der Waals surface area contributed by atoms with Crippen molar-refractivity contribution in [1.82, 2.24) is 24.1 Å². The van der Waals surface area contributed by atoms with Crippen LogP contribution in [0.5, 0.6) is 0 Å². The van der Waals surface area contributed by atoms with Gasteiger partial charge in [0.2, 0.25) is 5.91 Å². The topological polar surface area (TPSA) is 105 Å². The van der Waals surface area contributed by atoms with Crippen LogP contribution in [0.25, 0.3) is 0 Å². The van der Waals surface area contributed by atoms with E-state index in [1.165, 1.54) is 6.20 Å². The summed E-state index contributed by atoms with van der Waals surface area (Å²) in [4.78, 5) is 32.8. The summed E-state index contributed by atoms with van der Waals surface area (Å²) in [6.07, 6.45) is 6.22. The van der Waals surface area contributed by atoms with Gasteiger partial charge in [0.15, 0.2) is 5.03 Å². The number of hydrogen-bond donors (Lipinski definition) is 1. The van der Waals surface area contributed by atoms with Crippen LogP contribution in [0.3, 0.4) is 0 Å². The van der Waals surface area contributed by atoms with Gasteiger partial charge in [-0.1, -0.05) is 0 Å². The van der Waals surface area contributed by atoms with Crippen molar-refractivity contribution >= 4 is 22.0 Å². The van der Waals surface area contributed by atoms with Crippen molar-refractivity contribution in [2.45, 2.75) is 50.1 Å². The largest absolute Gasteiger partial charge is 0.325 e. The van der Waals surface area contributed by atoms with Gasteiger partial charge in [0.05, 0.1) is 12.1 Å². The van der Waals surface area contributed by atoms with E-state index in [0.717, 1.165) is 44.6 Å². The molecule has 2 fully saturated rings. The van der Waals surface area contributed by atoms with Gasteiger partial charge in [-0.25, -0.2) is 14.5 Å². The van der Waals surface area contributed by atoms with Crippen molar-refractivity contribution < 1.29 is 18.0 Å². The number of fused-ring (bicyclic) bond motifs is 1. The van der Waals surface area contributed by atoms with Crippen molar-refractivity contribution in [1.29, 1.82) is 0 Å². The van der Waals surface area contributed by atoms with Crippen LogP contribution in [-0.4, -0.2) is 65.9 Å². The molecule has 27 heavy (non-hydrogen) atoms. The molecule has 3 aliphatic rings. The Bertz CT molecular complexity index is 844. The molecule has 2 saturated heterocycles. The lowest BCUT2D eigenvalue weighted by atomic mass is 9.98. The summed E-state index contributed by atoms with van der Waals surface area (Å²) in [5.41, 5.74) is 0. The molecule has 0 aliphatic carbocycles. The zero-order chi connectivity index (χ0) is 19.0. The number of nitrogens with one attached hydrogen (secondary N) is 1. The van der Waals surface area contributed by atoms with Crippen LogP contribution in [0.1, 0.15) is 37.9 Å². The van der Waals surface area contributed by atoms with E-state index in [1.807, 2.05) is 4.90 Å². The third-order valence-corrected chi connectivity index (χ3v) is 6.98. The first-order valence-corrected chi connectivity index (χ1v) is 11.1. The number of aromatic nitrogens is 2. The molecule has 0 aromatic carbocycles. The molecule has 148 valence electrons. The van der Waals surface area contributed by atoms with Crippen LogP contribution in [0.15, 0.2) is 11.2 Å². The van der Waals surface area contributed by atoms with Gasteiger partial charge in [-0.05, 0) is 32.1 Å². The smallest absolute Gasteiger partial charge is 0.320 e. The second-order valence-electron chi connectivity index (χ2n) is 7.50. The van der Waals surface area contributed by atoms with E-state index in [9.17, 15) is 18.0 Å². The number of sulfonamides is 1. The summed E-state index contributed by atoms with van der Waals surface area (Å²) in [5, 5.41) is 0.0455. The molecule has 1 aromatic heterocycles. The van der Waals surface area contributed by atoms with E-state index in [4.69, 9.17) is 0 Å². The summed E-state index contributed by atoms with van der Waals surface area (Å²) in [5.74, 6) is -0.314. The Morgan fingerprint density at radius 3 is 2.56 bits per heavy atom. The molecule has 1 atom stereocenters. The summed E-state index contributed by atoms with van der Waals surface area (Å²) < 4.78 is 29.2. The fraction of sp³-hybridized carbons (Fsp3) is 0.706. The molecule has 1 N–H and O–H groups in total. The molecule has 1 aromatic rings. The van der Waals surface area contributed by atoms with Gasteiger partial charge >= 0.3 is 6.03 Å². The van der Waals surface area contributed by atoms with E-state index in [-0.39, 0.29) is 17.6 Å². The fourth-order valence-electron chi connectivity index (χ4n) is 4.19. The lowest BCUT2D eigenvalue weighted by molar-refractivity contribution is -0.124. The molecule has 3 amide bonds. The number of urea groups is 1. The number of rotatable bonds is 3. The van der Waals surface area contributed by atoms with Gasteiger partial charge in [0, 0.05) is 39.1 Å². The van der Waals surface area contributed by atoms with E-state index < -0.39 is 21.8 Å². The SMILES string of the molecule is O=C(NS(=O)(=O)c1cnc2n1CCC2)C1CCCN(C(=O)N2CCCC2)C1. The molecule has 4 heterocycles. The lowest BCUT2D eigenvalue weighted by Crippen LogP contribution is -2.50. The first-order chi connectivity index (χ1) is 13.0. The molecule has 0 saturated carbocycles. The van der Waals surface area contributed by atoms with E-state index in [0.29, 0.717) is 25.9 Å². The first kappa shape index (κ1) is 18.3. The minimum absolute atomic E-state index is 0.0403. The summed E-state index contributed by atoms with van der Waals surface area (Å²) in [6.45, 7) is 2.99. The predicted octanol–water partition coefficient (Wildman–Crippen LogP) is 0.562. The molecule has 3 aliphatic heterocycles. The maximum Gasteiger partial charge on any atom is 0.320 e. The highest BCUT2D eigenvalue weighted by Crippen LogP contribution is 2.22. The first-order valence-electron chi connectivity index (χ1n) is 9.60. The minimum atomic E-state index is -3.96. The number of nitrogens with zero attached hydrogens (tertiary/aromatic N) is 4. The molecule has 4 rings (SSSR count). The van der Waals surface area contributed by atoms with Crippen molar-refractivity contribution in [2.75, 3.05) is 26.2 Å². The number of carbonyl (C=O) groups excluding carboxylic acids is 2. The zero-order valence-electron chi connectivity index (χ0n) is 15.3. The van der Waals surface area contributed by atoms with Crippen LogP contribution in [0.4, 0.5) is 4.79 Å². The third-order valence-electron chi connectivity index (χ3n) is 5.63. The lowest BCUT2D eigenvalue weighted by Gasteiger charge is -2.34. The molecule has 0 bridgehead atoms. The van der Waals surface area contributed by atoms with Crippen LogP contribution in [-0.2, 0) is 27.8 Å². The maximum absolute atomic E-state index is 12.6. The maximum atomic E-state index is 12.6. The molecule has 1 unspecified atom stereocenters.